The minimum absolute atomic E-state index is 0. The summed E-state index contributed by atoms with van der Waals surface area (Å²) >= 11 is 0. The first-order chi connectivity index (χ1) is 12.1. The van der Waals surface area contributed by atoms with Crippen LogP contribution in [0.25, 0.3) is 0 Å². The van der Waals surface area contributed by atoms with E-state index in [0.717, 1.165) is 5.56 Å². The maximum atomic E-state index is 12.0. The summed E-state index contributed by atoms with van der Waals surface area (Å²) in [5.74, 6) is 0.0965. The van der Waals surface area contributed by atoms with Gasteiger partial charge in [-0.3, -0.25) is 9.79 Å². The smallest absolute Gasteiger partial charge is 0.239 e. The molecule has 0 saturated carbocycles. The van der Waals surface area contributed by atoms with Gasteiger partial charge in [0.05, 0.1) is 12.3 Å². The van der Waals surface area contributed by atoms with Crippen LogP contribution in [0.3, 0.4) is 0 Å². The van der Waals surface area contributed by atoms with Crippen LogP contribution < -0.4 is 20.7 Å². The Morgan fingerprint density at radius 2 is 1.74 bits per heavy atom. The molecule has 0 atom stereocenters. The van der Waals surface area contributed by atoms with Gasteiger partial charge in [0.15, 0.2) is 5.96 Å². The summed E-state index contributed by atoms with van der Waals surface area (Å²) in [6.07, 6.45) is 0. The van der Waals surface area contributed by atoms with Crippen LogP contribution in [-0.4, -0.2) is 51.7 Å². The largest absolute Gasteiger partial charge is 0.355 e. The number of nitrogens with one attached hydrogen (secondary N) is 4. The molecule has 0 saturated heterocycles. The Labute approximate surface area is 179 Å². The van der Waals surface area contributed by atoms with Gasteiger partial charge in [-0.1, -0.05) is 30.3 Å². The van der Waals surface area contributed by atoms with Crippen LogP contribution in [0, 0.1) is 0 Å². The molecule has 0 aliphatic heterocycles. The van der Waals surface area contributed by atoms with E-state index in [9.17, 15) is 13.2 Å². The van der Waals surface area contributed by atoms with Crippen LogP contribution in [0.4, 0.5) is 0 Å². The van der Waals surface area contributed by atoms with Crippen molar-refractivity contribution in [3.8, 4) is 0 Å². The van der Waals surface area contributed by atoms with Gasteiger partial charge in [0.1, 0.15) is 0 Å². The molecule has 27 heavy (non-hydrogen) atoms. The lowest BCUT2D eigenvalue weighted by atomic mass is 10.1. The van der Waals surface area contributed by atoms with E-state index in [0.29, 0.717) is 5.96 Å². The highest BCUT2D eigenvalue weighted by atomic mass is 127. The van der Waals surface area contributed by atoms with E-state index in [1.165, 1.54) is 0 Å². The number of rotatable bonds is 8. The number of hydrogen-bond donors (Lipinski definition) is 4. The Hall–Kier alpha value is -1.40. The molecule has 1 amide bonds. The summed E-state index contributed by atoms with van der Waals surface area (Å²) in [6, 6.07) is 9.31. The van der Waals surface area contributed by atoms with Gasteiger partial charge in [0, 0.05) is 25.7 Å². The Balaban J connectivity index is 0.00000676. The zero-order valence-corrected chi connectivity index (χ0v) is 19.4. The zero-order chi connectivity index (χ0) is 19.6. The predicted molar refractivity (Wildman–Crippen MR) is 120 cm³/mol. The fourth-order valence-corrected chi connectivity index (χ4v) is 2.91. The lowest BCUT2D eigenvalue weighted by Crippen LogP contribution is -2.48. The molecule has 8 nitrogen and oxygen atoms in total. The van der Waals surface area contributed by atoms with E-state index in [1.54, 1.807) is 7.05 Å². The number of hydrogen-bond acceptors (Lipinski definition) is 4. The molecule has 154 valence electrons. The van der Waals surface area contributed by atoms with Gasteiger partial charge in [0.25, 0.3) is 0 Å². The second kappa shape index (κ2) is 12.1. The minimum Gasteiger partial charge on any atom is -0.355 e. The number of guanidine groups is 1. The average Bonchev–Trinajstić information content (AvgIpc) is 2.55. The van der Waals surface area contributed by atoms with Crippen molar-refractivity contribution >= 4 is 45.9 Å². The molecule has 1 rings (SSSR count). The van der Waals surface area contributed by atoms with Gasteiger partial charge >= 0.3 is 0 Å². The first-order valence-corrected chi connectivity index (χ1v) is 10.0. The second-order valence-electron chi connectivity index (χ2n) is 6.78. The van der Waals surface area contributed by atoms with E-state index < -0.39 is 10.0 Å². The van der Waals surface area contributed by atoms with Crippen LogP contribution in [0.1, 0.15) is 26.3 Å². The third kappa shape index (κ3) is 12.6. The highest BCUT2D eigenvalue weighted by molar-refractivity contribution is 14.0. The van der Waals surface area contributed by atoms with Gasteiger partial charge in [0.2, 0.25) is 15.9 Å². The number of carbonyl (C=O) groups is 1. The molecule has 0 bridgehead atoms. The van der Waals surface area contributed by atoms with E-state index in [1.807, 2.05) is 51.1 Å². The first kappa shape index (κ1) is 25.6. The SMILES string of the molecule is CN=C(NCCS(=O)(=O)NCc1ccccc1)NCC(=O)NC(C)(C)C.I. The van der Waals surface area contributed by atoms with Crippen molar-refractivity contribution in [3.05, 3.63) is 35.9 Å². The number of aliphatic imine (C=N–C) groups is 1. The standard InChI is InChI=1S/C17H29N5O3S.HI/c1-17(2,3)22-15(23)13-20-16(18-4)19-10-11-26(24,25)21-12-14-8-6-5-7-9-14;/h5-9,21H,10-13H2,1-4H3,(H,22,23)(H2,18,19,20);1H. The van der Waals surface area contributed by atoms with Gasteiger partial charge in [-0.2, -0.15) is 0 Å². The summed E-state index contributed by atoms with van der Waals surface area (Å²) in [5, 5.41) is 8.55. The quantitative estimate of drug-likeness (QED) is 0.235. The molecule has 1 aromatic rings. The Bertz CT molecular complexity index is 703. The van der Waals surface area contributed by atoms with Gasteiger partial charge in [-0.05, 0) is 26.3 Å². The predicted octanol–water partition coefficient (Wildman–Crippen LogP) is 0.804. The lowest BCUT2D eigenvalue weighted by Gasteiger charge is -2.21. The monoisotopic (exact) mass is 511 g/mol. The molecule has 1 aromatic carbocycles. The summed E-state index contributed by atoms with van der Waals surface area (Å²) in [4.78, 5) is 15.7. The maximum absolute atomic E-state index is 12.0. The Morgan fingerprint density at radius 3 is 2.30 bits per heavy atom. The maximum Gasteiger partial charge on any atom is 0.239 e. The number of halogens is 1. The molecule has 0 unspecified atom stereocenters. The fourth-order valence-electron chi connectivity index (χ4n) is 2.01. The van der Waals surface area contributed by atoms with Crippen LogP contribution in [-0.2, 0) is 21.4 Å². The highest BCUT2D eigenvalue weighted by Crippen LogP contribution is 1.99. The molecule has 0 aliphatic rings. The Kier molecular flexibility index (Phi) is 11.5. The minimum atomic E-state index is -3.41. The molecule has 4 N–H and O–H groups in total. The third-order valence-electron chi connectivity index (χ3n) is 3.16. The van der Waals surface area contributed by atoms with Gasteiger partial charge in [-0.15, -0.1) is 24.0 Å². The summed E-state index contributed by atoms with van der Waals surface area (Å²) in [5.41, 5.74) is 0.583. The summed E-state index contributed by atoms with van der Waals surface area (Å²) < 4.78 is 26.6. The normalized spacial score (nSPS) is 12.1. The number of sulfonamides is 1. The molecule has 10 heteroatoms. The topological polar surface area (TPSA) is 112 Å². The van der Waals surface area contributed by atoms with E-state index >= 15 is 0 Å². The molecular weight excluding hydrogens is 481 g/mol. The van der Waals surface area contributed by atoms with Crippen molar-refractivity contribution < 1.29 is 13.2 Å². The molecular formula is C17H30IN5O3S. The van der Waals surface area contributed by atoms with Crippen LogP contribution >= 0.6 is 24.0 Å². The van der Waals surface area contributed by atoms with Crippen molar-refractivity contribution in [1.82, 2.24) is 20.7 Å². The number of benzene rings is 1. The number of nitrogens with zero attached hydrogens (tertiary/aromatic N) is 1. The van der Waals surface area contributed by atoms with Crippen LogP contribution in [0.2, 0.25) is 0 Å². The van der Waals surface area contributed by atoms with Gasteiger partial charge < -0.3 is 16.0 Å². The fraction of sp³-hybridized carbons (Fsp3) is 0.529. The lowest BCUT2D eigenvalue weighted by molar-refractivity contribution is -0.121. The second-order valence-corrected chi connectivity index (χ2v) is 8.70. The molecule has 0 spiro atoms. The van der Waals surface area contributed by atoms with E-state index in [-0.39, 0.29) is 60.8 Å². The molecule has 0 fully saturated rings. The van der Waals surface area contributed by atoms with Crippen molar-refractivity contribution in [2.45, 2.75) is 32.9 Å². The number of amides is 1. The average molecular weight is 511 g/mol. The molecule has 0 radical (unpaired) electrons. The summed E-state index contributed by atoms with van der Waals surface area (Å²) in [6.45, 7) is 6.16. The van der Waals surface area contributed by atoms with Crippen molar-refractivity contribution in [2.75, 3.05) is 25.9 Å². The van der Waals surface area contributed by atoms with Crippen molar-refractivity contribution in [3.63, 3.8) is 0 Å². The van der Waals surface area contributed by atoms with E-state index in [4.69, 9.17) is 0 Å². The molecule has 0 aliphatic carbocycles. The van der Waals surface area contributed by atoms with Crippen LogP contribution in [0.15, 0.2) is 35.3 Å². The van der Waals surface area contributed by atoms with Crippen molar-refractivity contribution in [2.24, 2.45) is 4.99 Å². The molecule has 0 heterocycles. The number of carbonyl (C=O) groups excluding carboxylic acids is 1. The zero-order valence-electron chi connectivity index (χ0n) is 16.2. The van der Waals surface area contributed by atoms with Crippen molar-refractivity contribution in [1.29, 1.82) is 0 Å². The van der Waals surface area contributed by atoms with Crippen LogP contribution in [0.5, 0.6) is 0 Å². The van der Waals surface area contributed by atoms with E-state index in [2.05, 4.69) is 25.7 Å². The van der Waals surface area contributed by atoms with Gasteiger partial charge in [-0.25, -0.2) is 13.1 Å². The highest BCUT2D eigenvalue weighted by Gasteiger charge is 2.14. The molecule has 0 aromatic heterocycles. The summed E-state index contributed by atoms with van der Waals surface area (Å²) in [7, 11) is -1.86. The third-order valence-corrected chi connectivity index (χ3v) is 4.48. The Morgan fingerprint density at radius 1 is 1.11 bits per heavy atom. The first-order valence-electron chi connectivity index (χ1n) is 8.38.